The summed E-state index contributed by atoms with van der Waals surface area (Å²) >= 11 is 0. The molecule has 1 heterocycles. The lowest BCUT2D eigenvalue weighted by atomic mass is 10.1. The maximum atomic E-state index is 12.8. The third-order valence-electron chi connectivity index (χ3n) is 4.13. The number of aryl methyl sites for hydroxylation is 3. The molecular formula is C19H19N3O4S. The van der Waals surface area contributed by atoms with E-state index in [9.17, 15) is 18.3 Å². The van der Waals surface area contributed by atoms with E-state index in [0.29, 0.717) is 22.5 Å². The third kappa shape index (κ3) is 3.85. The van der Waals surface area contributed by atoms with E-state index >= 15 is 0 Å². The zero-order chi connectivity index (χ0) is 19.8. The van der Waals surface area contributed by atoms with Gasteiger partial charge in [-0.05, 0) is 62.2 Å². The van der Waals surface area contributed by atoms with Crippen molar-refractivity contribution < 1.29 is 18.3 Å². The Labute approximate surface area is 157 Å². The molecule has 7 nitrogen and oxygen atoms in total. The van der Waals surface area contributed by atoms with Crippen LogP contribution in [0.5, 0.6) is 0 Å². The molecule has 3 rings (SSSR count). The average molecular weight is 385 g/mol. The van der Waals surface area contributed by atoms with Gasteiger partial charge in [0.2, 0.25) is 0 Å². The summed E-state index contributed by atoms with van der Waals surface area (Å²) < 4.78 is 29.8. The van der Waals surface area contributed by atoms with Gasteiger partial charge in [-0.1, -0.05) is 12.1 Å². The zero-order valence-electron chi connectivity index (χ0n) is 15.1. The van der Waals surface area contributed by atoms with Crippen LogP contribution in [0.1, 0.15) is 27.2 Å². The molecule has 0 aliphatic heterocycles. The molecule has 0 spiro atoms. The molecule has 0 saturated heterocycles. The van der Waals surface area contributed by atoms with Gasteiger partial charge in [0.25, 0.3) is 10.0 Å². The number of anilines is 1. The molecule has 0 aliphatic carbocycles. The fourth-order valence-corrected chi connectivity index (χ4v) is 4.14. The summed E-state index contributed by atoms with van der Waals surface area (Å²) in [6.45, 7) is 5.13. The van der Waals surface area contributed by atoms with Crippen molar-refractivity contribution in [2.24, 2.45) is 0 Å². The molecule has 27 heavy (non-hydrogen) atoms. The van der Waals surface area contributed by atoms with Gasteiger partial charge in [0.05, 0.1) is 27.5 Å². The number of hydrogen-bond donors (Lipinski definition) is 2. The van der Waals surface area contributed by atoms with Gasteiger partial charge in [0.1, 0.15) is 0 Å². The van der Waals surface area contributed by atoms with Crippen LogP contribution < -0.4 is 4.72 Å². The number of aromatic nitrogens is 2. The first kappa shape index (κ1) is 18.7. The smallest absolute Gasteiger partial charge is 0.335 e. The number of carboxylic acids is 1. The summed E-state index contributed by atoms with van der Waals surface area (Å²) in [5.41, 5.74) is 2.85. The number of nitrogens with zero attached hydrogens (tertiary/aromatic N) is 2. The lowest BCUT2D eigenvalue weighted by Gasteiger charge is -2.13. The van der Waals surface area contributed by atoms with Gasteiger partial charge in [-0.3, -0.25) is 4.72 Å². The molecule has 3 aromatic rings. The summed E-state index contributed by atoms with van der Waals surface area (Å²) in [4.78, 5) is 11.3. The number of rotatable bonds is 5. The molecule has 2 aromatic carbocycles. The second kappa shape index (κ2) is 6.88. The fourth-order valence-electron chi connectivity index (χ4n) is 2.83. The summed E-state index contributed by atoms with van der Waals surface area (Å²) in [6, 6.07) is 11.4. The molecule has 0 radical (unpaired) electrons. The lowest BCUT2D eigenvalue weighted by Crippen LogP contribution is -2.16. The van der Waals surface area contributed by atoms with Crippen molar-refractivity contribution in [1.29, 1.82) is 0 Å². The second-order valence-electron chi connectivity index (χ2n) is 6.30. The van der Waals surface area contributed by atoms with Gasteiger partial charge >= 0.3 is 5.97 Å². The molecule has 0 unspecified atom stereocenters. The van der Waals surface area contributed by atoms with Gasteiger partial charge < -0.3 is 5.11 Å². The molecule has 0 amide bonds. The first-order valence-electron chi connectivity index (χ1n) is 8.17. The van der Waals surface area contributed by atoms with Crippen LogP contribution in [0.2, 0.25) is 0 Å². The number of carbonyl (C=O) groups is 1. The summed E-state index contributed by atoms with van der Waals surface area (Å²) in [6.07, 6.45) is 1.78. The van der Waals surface area contributed by atoms with Crippen molar-refractivity contribution in [3.63, 3.8) is 0 Å². The molecule has 0 bridgehead atoms. The zero-order valence-corrected chi connectivity index (χ0v) is 15.9. The average Bonchev–Trinajstić information content (AvgIpc) is 3.00. The molecule has 0 fully saturated rings. The fraction of sp³-hybridized carbons (Fsp3) is 0.158. The number of hydrogen-bond acceptors (Lipinski definition) is 4. The minimum absolute atomic E-state index is 0.0401. The Morgan fingerprint density at radius 2 is 1.81 bits per heavy atom. The summed E-state index contributed by atoms with van der Waals surface area (Å²) in [5.74, 6) is -1.17. The van der Waals surface area contributed by atoms with Gasteiger partial charge in [-0.25, -0.2) is 17.9 Å². The van der Waals surface area contributed by atoms with Crippen molar-refractivity contribution in [3.05, 3.63) is 71.0 Å². The highest BCUT2D eigenvalue weighted by Crippen LogP contribution is 2.24. The highest BCUT2D eigenvalue weighted by molar-refractivity contribution is 7.92. The maximum absolute atomic E-state index is 12.8. The Hall–Kier alpha value is -3.13. The molecule has 0 aliphatic rings. The first-order valence-corrected chi connectivity index (χ1v) is 9.66. The van der Waals surface area contributed by atoms with E-state index < -0.39 is 16.0 Å². The molecule has 2 N–H and O–H groups in total. The lowest BCUT2D eigenvalue weighted by molar-refractivity contribution is 0.0696. The van der Waals surface area contributed by atoms with E-state index in [0.717, 1.165) is 5.69 Å². The van der Waals surface area contributed by atoms with Crippen molar-refractivity contribution in [1.82, 2.24) is 9.78 Å². The number of nitrogens with one attached hydrogen (secondary N) is 1. The molecule has 0 saturated carbocycles. The standard InChI is InChI=1S/C19H19N3O4S/c1-12-9-13(2)18(11-17(12)19(23)24)27(25,26)21-15-5-4-6-16(10-15)22-8-7-14(3)20-22/h4-11,21H,1-3H3,(H,23,24). The molecular weight excluding hydrogens is 366 g/mol. The predicted octanol–water partition coefficient (Wildman–Crippen LogP) is 3.30. The van der Waals surface area contributed by atoms with Crippen LogP contribution in [0, 0.1) is 20.8 Å². The van der Waals surface area contributed by atoms with Crippen LogP contribution >= 0.6 is 0 Å². The second-order valence-corrected chi connectivity index (χ2v) is 7.95. The minimum atomic E-state index is -3.95. The van der Waals surface area contributed by atoms with Crippen LogP contribution in [0.15, 0.2) is 53.6 Å². The quantitative estimate of drug-likeness (QED) is 0.702. The van der Waals surface area contributed by atoms with Crippen LogP contribution in [0.3, 0.4) is 0 Å². The molecule has 140 valence electrons. The SMILES string of the molecule is Cc1ccn(-c2cccc(NS(=O)(=O)c3cc(C(=O)O)c(C)cc3C)c2)n1. The van der Waals surface area contributed by atoms with Gasteiger partial charge in [-0.2, -0.15) is 5.10 Å². The molecule has 1 aromatic heterocycles. The predicted molar refractivity (Wildman–Crippen MR) is 102 cm³/mol. The topological polar surface area (TPSA) is 101 Å². The van der Waals surface area contributed by atoms with Crippen molar-refractivity contribution >= 4 is 21.7 Å². The van der Waals surface area contributed by atoms with Gasteiger partial charge in [0.15, 0.2) is 0 Å². The maximum Gasteiger partial charge on any atom is 0.335 e. The number of aromatic carboxylic acids is 1. The van der Waals surface area contributed by atoms with E-state index in [4.69, 9.17) is 0 Å². The van der Waals surface area contributed by atoms with Crippen molar-refractivity contribution in [2.75, 3.05) is 4.72 Å². The van der Waals surface area contributed by atoms with Crippen molar-refractivity contribution in [3.8, 4) is 5.69 Å². The largest absolute Gasteiger partial charge is 0.478 e. The monoisotopic (exact) mass is 385 g/mol. The van der Waals surface area contributed by atoms with E-state index in [2.05, 4.69) is 9.82 Å². The Kier molecular flexibility index (Phi) is 4.75. The highest BCUT2D eigenvalue weighted by Gasteiger charge is 2.21. The van der Waals surface area contributed by atoms with Crippen LogP contribution in [0.4, 0.5) is 5.69 Å². The van der Waals surface area contributed by atoms with E-state index in [-0.39, 0.29) is 10.5 Å². The highest BCUT2D eigenvalue weighted by atomic mass is 32.2. The van der Waals surface area contributed by atoms with Crippen molar-refractivity contribution in [2.45, 2.75) is 25.7 Å². The Morgan fingerprint density at radius 1 is 1.07 bits per heavy atom. The van der Waals surface area contributed by atoms with E-state index in [1.54, 1.807) is 49.0 Å². The van der Waals surface area contributed by atoms with Gasteiger partial charge in [0, 0.05) is 6.20 Å². The normalized spacial score (nSPS) is 11.4. The molecule has 0 atom stereocenters. The van der Waals surface area contributed by atoms with Crippen LogP contribution in [0.25, 0.3) is 5.69 Å². The number of carboxylic acid groups (broad SMARTS) is 1. The summed E-state index contributed by atoms with van der Waals surface area (Å²) in [7, 11) is -3.95. The minimum Gasteiger partial charge on any atom is -0.478 e. The number of benzene rings is 2. The summed E-state index contributed by atoms with van der Waals surface area (Å²) in [5, 5.41) is 13.6. The molecule has 8 heteroatoms. The Bertz CT molecular complexity index is 1130. The number of sulfonamides is 1. The van der Waals surface area contributed by atoms with E-state index in [1.807, 2.05) is 19.1 Å². The van der Waals surface area contributed by atoms with Crippen LogP contribution in [-0.4, -0.2) is 29.3 Å². The van der Waals surface area contributed by atoms with Crippen LogP contribution in [-0.2, 0) is 10.0 Å². The van der Waals surface area contributed by atoms with E-state index in [1.165, 1.54) is 6.07 Å². The third-order valence-corrected chi connectivity index (χ3v) is 5.65. The van der Waals surface area contributed by atoms with Gasteiger partial charge in [-0.15, -0.1) is 0 Å². The first-order chi connectivity index (χ1) is 12.7. The Morgan fingerprint density at radius 3 is 2.44 bits per heavy atom. The Balaban J connectivity index is 1.98.